The Balaban J connectivity index is 3.23. The Morgan fingerprint density at radius 3 is 1.65 bits per heavy atom. The van der Waals surface area contributed by atoms with E-state index in [1.165, 1.54) is 83.5 Å². The monoisotopic (exact) mass is 364 g/mol. The predicted octanol–water partition coefficient (Wildman–Crippen LogP) is 5.53. The Kier molecular flexibility index (Phi) is 18.5. The van der Waals surface area contributed by atoms with Crippen molar-refractivity contribution in [2.45, 2.75) is 103 Å². The molecule has 0 fully saturated rings. The highest BCUT2D eigenvalue weighted by molar-refractivity contribution is 5.96. The molecule has 0 heterocycles. The summed E-state index contributed by atoms with van der Waals surface area (Å²) in [4.78, 5) is 21.7. The van der Waals surface area contributed by atoms with E-state index in [9.17, 15) is 9.59 Å². The van der Waals surface area contributed by atoms with Gasteiger partial charge in [-0.1, -0.05) is 96.5 Å². The molecule has 0 aliphatic carbocycles. The number of rotatable bonds is 18. The topological polar surface area (TPSA) is 72.2 Å². The molecule has 0 aromatic heterocycles. The number of primary amides is 1. The van der Waals surface area contributed by atoms with Gasteiger partial charge in [-0.15, -0.1) is 0 Å². The lowest BCUT2D eigenvalue weighted by atomic mass is 10.0. The number of carbonyl (C=O) groups excluding carboxylic acids is 2. The quantitative estimate of drug-likeness (QED) is 0.248. The van der Waals surface area contributed by atoms with Gasteiger partial charge in [0.05, 0.1) is 0 Å². The molecule has 3 N–H and O–H groups in total. The van der Waals surface area contributed by atoms with E-state index in [2.05, 4.69) is 12.2 Å². The number of unbranched alkanes of at least 4 members (excludes halogenated alkanes) is 14. The molecule has 0 radical (unpaired) electrons. The third-order valence-corrected chi connectivity index (χ3v) is 4.47. The highest BCUT2D eigenvalue weighted by Gasteiger charge is 1.94. The zero-order valence-corrected chi connectivity index (χ0v) is 16.8. The molecule has 0 aliphatic heterocycles. The van der Waals surface area contributed by atoms with E-state index in [0.717, 1.165) is 25.0 Å². The number of carbonyl (C=O) groups is 2. The standard InChI is InChI=1S/C22H40N2O2/c1-2-3-4-5-6-7-8-9-10-11-12-13-14-15-16-17-20-24-22(26)19-18-21(23)25/h17-20H,2-16H2,1H3,(H2,23,25)(H,24,26)/b19-18-,20-17?. The molecular weight excluding hydrogens is 324 g/mol. The normalized spacial score (nSPS) is 11.4. The molecule has 26 heavy (non-hydrogen) atoms. The van der Waals surface area contributed by atoms with Gasteiger partial charge in [0.1, 0.15) is 0 Å². The summed E-state index contributed by atoms with van der Waals surface area (Å²) >= 11 is 0. The molecule has 2 amide bonds. The van der Waals surface area contributed by atoms with E-state index < -0.39 is 5.91 Å². The molecule has 0 saturated heterocycles. The fraction of sp³-hybridized carbons (Fsp3) is 0.727. The minimum Gasteiger partial charge on any atom is -0.366 e. The molecular formula is C22H40N2O2. The van der Waals surface area contributed by atoms with Gasteiger partial charge in [0.25, 0.3) is 0 Å². The number of nitrogens with two attached hydrogens (primary N) is 1. The molecule has 4 heteroatoms. The molecule has 0 aromatic carbocycles. The van der Waals surface area contributed by atoms with Crippen LogP contribution in [-0.2, 0) is 9.59 Å². The Labute approximate surface area is 160 Å². The average molecular weight is 365 g/mol. The second-order valence-corrected chi connectivity index (χ2v) is 7.03. The molecule has 0 spiro atoms. The predicted molar refractivity (Wildman–Crippen MR) is 111 cm³/mol. The summed E-state index contributed by atoms with van der Waals surface area (Å²) in [6.45, 7) is 2.27. The van der Waals surface area contributed by atoms with Crippen LogP contribution in [0.3, 0.4) is 0 Å². The highest BCUT2D eigenvalue weighted by atomic mass is 16.2. The van der Waals surface area contributed by atoms with Crippen molar-refractivity contribution in [1.82, 2.24) is 5.32 Å². The second kappa shape index (κ2) is 19.7. The van der Waals surface area contributed by atoms with Crippen molar-refractivity contribution in [1.29, 1.82) is 0 Å². The molecule has 0 saturated carbocycles. The fourth-order valence-electron chi connectivity index (χ4n) is 2.89. The van der Waals surface area contributed by atoms with Gasteiger partial charge in [-0.05, 0) is 12.8 Å². The maximum absolute atomic E-state index is 11.3. The van der Waals surface area contributed by atoms with E-state index in [0.29, 0.717) is 0 Å². The SMILES string of the molecule is CCCCCCCCCCCCCCCCC=CNC(=O)/C=C\C(N)=O. The van der Waals surface area contributed by atoms with Crippen molar-refractivity contribution in [3.05, 3.63) is 24.4 Å². The van der Waals surface area contributed by atoms with E-state index >= 15 is 0 Å². The summed E-state index contributed by atoms with van der Waals surface area (Å²) in [7, 11) is 0. The molecule has 0 rings (SSSR count). The molecule has 0 aromatic rings. The Morgan fingerprint density at radius 1 is 0.731 bits per heavy atom. The second-order valence-electron chi connectivity index (χ2n) is 7.03. The first-order chi connectivity index (χ1) is 12.7. The van der Waals surface area contributed by atoms with Crippen LogP contribution in [0.2, 0.25) is 0 Å². The molecule has 150 valence electrons. The summed E-state index contributed by atoms with van der Waals surface area (Å²) in [5.41, 5.74) is 4.91. The number of hydrogen-bond donors (Lipinski definition) is 2. The van der Waals surface area contributed by atoms with Gasteiger partial charge in [0, 0.05) is 18.4 Å². The molecule has 0 atom stereocenters. The lowest BCUT2D eigenvalue weighted by Gasteiger charge is -2.02. The Hall–Kier alpha value is -1.58. The van der Waals surface area contributed by atoms with Crippen LogP contribution < -0.4 is 11.1 Å². The summed E-state index contributed by atoms with van der Waals surface area (Å²) in [5, 5.41) is 2.57. The van der Waals surface area contributed by atoms with Crippen molar-refractivity contribution in [3.63, 3.8) is 0 Å². The van der Waals surface area contributed by atoms with Crippen LogP contribution >= 0.6 is 0 Å². The smallest absolute Gasteiger partial charge is 0.248 e. The average Bonchev–Trinajstić information content (AvgIpc) is 2.62. The lowest BCUT2D eigenvalue weighted by Crippen LogP contribution is -2.15. The van der Waals surface area contributed by atoms with Crippen LogP contribution in [0.5, 0.6) is 0 Å². The first-order valence-corrected chi connectivity index (χ1v) is 10.6. The van der Waals surface area contributed by atoms with Gasteiger partial charge < -0.3 is 11.1 Å². The van der Waals surface area contributed by atoms with Gasteiger partial charge in [0.2, 0.25) is 11.8 Å². The number of nitrogens with one attached hydrogen (secondary N) is 1. The van der Waals surface area contributed by atoms with Crippen LogP contribution in [0, 0.1) is 0 Å². The maximum atomic E-state index is 11.3. The van der Waals surface area contributed by atoms with Crippen molar-refractivity contribution in [2.24, 2.45) is 5.73 Å². The van der Waals surface area contributed by atoms with Crippen LogP contribution in [0.15, 0.2) is 24.4 Å². The van der Waals surface area contributed by atoms with Gasteiger partial charge >= 0.3 is 0 Å². The van der Waals surface area contributed by atoms with Crippen LogP contribution in [0.4, 0.5) is 0 Å². The van der Waals surface area contributed by atoms with Gasteiger partial charge in [0.15, 0.2) is 0 Å². The molecule has 0 unspecified atom stereocenters. The number of hydrogen-bond acceptors (Lipinski definition) is 2. The summed E-state index contributed by atoms with van der Waals surface area (Å²) < 4.78 is 0. The zero-order valence-electron chi connectivity index (χ0n) is 16.8. The summed E-state index contributed by atoms with van der Waals surface area (Å²) in [6, 6.07) is 0. The van der Waals surface area contributed by atoms with Gasteiger partial charge in [-0.2, -0.15) is 0 Å². The minimum atomic E-state index is -0.619. The molecule has 0 aliphatic rings. The van der Waals surface area contributed by atoms with Crippen molar-refractivity contribution in [2.75, 3.05) is 0 Å². The van der Waals surface area contributed by atoms with Crippen molar-refractivity contribution < 1.29 is 9.59 Å². The number of allylic oxidation sites excluding steroid dienone is 1. The Bertz CT molecular complexity index is 403. The lowest BCUT2D eigenvalue weighted by molar-refractivity contribution is -0.117. The van der Waals surface area contributed by atoms with Crippen LogP contribution in [0.25, 0.3) is 0 Å². The fourth-order valence-corrected chi connectivity index (χ4v) is 2.89. The van der Waals surface area contributed by atoms with Gasteiger partial charge in [-0.3, -0.25) is 9.59 Å². The van der Waals surface area contributed by atoms with E-state index in [4.69, 9.17) is 5.73 Å². The van der Waals surface area contributed by atoms with Crippen LogP contribution in [-0.4, -0.2) is 11.8 Å². The first-order valence-electron chi connectivity index (χ1n) is 10.6. The summed E-state index contributed by atoms with van der Waals surface area (Å²) in [6.07, 6.45) is 25.8. The van der Waals surface area contributed by atoms with E-state index in [1.807, 2.05) is 6.08 Å². The van der Waals surface area contributed by atoms with Gasteiger partial charge in [-0.25, -0.2) is 0 Å². The van der Waals surface area contributed by atoms with Crippen molar-refractivity contribution >= 4 is 11.8 Å². The van der Waals surface area contributed by atoms with Crippen LogP contribution in [0.1, 0.15) is 103 Å². The van der Waals surface area contributed by atoms with E-state index in [-0.39, 0.29) is 5.91 Å². The molecule has 4 nitrogen and oxygen atoms in total. The zero-order chi connectivity index (χ0) is 19.3. The largest absolute Gasteiger partial charge is 0.366 e. The maximum Gasteiger partial charge on any atom is 0.248 e. The number of amides is 2. The summed E-state index contributed by atoms with van der Waals surface area (Å²) in [5.74, 6) is -0.951. The third-order valence-electron chi connectivity index (χ3n) is 4.47. The first kappa shape index (κ1) is 24.4. The third kappa shape index (κ3) is 20.5. The Morgan fingerprint density at radius 2 is 1.19 bits per heavy atom. The molecule has 0 bridgehead atoms. The van der Waals surface area contributed by atoms with Crippen molar-refractivity contribution in [3.8, 4) is 0 Å². The van der Waals surface area contributed by atoms with E-state index in [1.54, 1.807) is 6.20 Å². The highest BCUT2D eigenvalue weighted by Crippen LogP contribution is 2.13. The minimum absolute atomic E-state index is 0.332.